The molecule has 0 aliphatic carbocycles. The maximum atomic E-state index is 12.4. The summed E-state index contributed by atoms with van der Waals surface area (Å²) in [5.74, 6) is -0.594. The summed E-state index contributed by atoms with van der Waals surface area (Å²) in [4.78, 5) is 31.7. The Labute approximate surface area is 168 Å². The van der Waals surface area contributed by atoms with Crippen molar-refractivity contribution < 1.29 is 14.3 Å². The fourth-order valence-corrected chi connectivity index (χ4v) is 4.16. The Kier molecular flexibility index (Phi) is 6.30. The maximum absolute atomic E-state index is 12.4. The number of ether oxygens (including phenoxy) is 1. The van der Waals surface area contributed by atoms with Crippen LogP contribution in [0.2, 0.25) is 0 Å². The molecule has 0 unspecified atom stereocenters. The summed E-state index contributed by atoms with van der Waals surface area (Å²) >= 11 is 1.33. The van der Waals surface area contributed by atoms with Crippen molar-refractivity contribution >= 4 is 28.3 Å². The zero-order valence-electron chi connectivity index (χ0n) is 16.7. The van der Waals surface area contributed by atoms with E-state index in [0.29, 0.717) is 30.2 Å². The number of anilines is 1. The number of nitrogens with zero attached hydrogens (tertiary/aromatic N) is 4. The van der Waals surface area contributed by atoms with Gasteiger partial charge in [-0.15, -0.1) is 0 Å². The maximum Gasteiger partial charge on any atom is 0.281 e. The lowest BCUT2D eigenvalue weighted by atomic mass is 10.1. The van der Waals surface area contributed by atoms with Gasteiger partial charge >= 0.3 is 0 Å². The highest BCUT2D eigenvalue weighted by Crippen LogP contribution is 2.26. The Morgan fingerprint density at radius 3 is 2.50 bits per heavy atom. The van der Waals surface area contributed by atoms with E-state index in [1.165, 1.54) is 11.3 Å². The van der Waals surface area contributed by atoms with Crippen molar-refractivity contribution in [2.24, 2.45) is 7.05 Å². The number of nitrogens with one attached hydrogen (secondary N) is 2. The molecular weight excluding hydrogens is 380 g/mol. The van der Waals surface area contributed by atoms with Crippen LogP contribution >= 0.6 is 11.3 Å². The third-order valence-electron chi connectivity index (χ3n) is 4.85. The first-order valence-electron chi connectivity index (χ1n) is 9.25. The summed E-state index contributed by atoms with van der Waals surface area (Å²) in [7, 11) is 1.88. The number of carbonyl (C=O) groups excluding carboxylic acids is 2. The highest BCUT2D eigenvalue weighted by atomic mass is 32.1. The molecule has 28 heavy (non-hydrogen) atoms. The minimum atomic E-state index is -0.350. The van der Waals surface area contributed by atoms with E-state index in [4.69, 9.17) is 4.74 Å². The topological polar surface area (TPSA) is 101 Å². The van der Waals surface area contributed by atoms with Crippen molar-refractivity contribution in [3.05, 3.63) is 27.5 Å². The van der Waals surface area contributed by atoms with Gasteiger partial charge in [-0.2, -0.15) is 5.10 Å². The molecule has 2 aromatic heterocycles. The van der Waals surface area contributed by atoms with Gasteiger partial charge in [0.1, 0.15) is 4.88 Å². The predicted octanol–water partition coefficient (Wildman–Crippen LogP) is 1.03. The SMILES string of the molecule is Cc1nc(N2CCOCC2)sc1C(=O)NNC(=O)CCc1c(C)nn(C)c1C. The molecule has 0 atom stereocenters. The second kappa shape index (κ2) is 8.70. The molecule has 2 aromatic rings. The number of amides is 2. The molecule has 1 fully saturated rings. The van der Waals surface area contributed by atoms with Gasteiger partial charge in [-0.05, 0) is 32.8 Å². The van der Waals surface area contributed by atoms with Crippen molar-refractivity contribution in [1.29, 1.82) is 0 Å². The summed E-state index contributed by atoms with van der Waals surface area (Å²) in [5, 5.41) is 5.16. The summed E-state index contributed by atoms with van der Waals surface area (Å²) in [6.45, 7) is 8.55. The molecule has 152 valence electrons. The highest BCUT2D eigenvalue weighted by Gasteiger charge is 2.21. The minimum Gasteiger partial charge on any atom is -0.378 e. The van der Waals surface area contributed by atoms with Gasteiger partial charge in [0.15, 0.2) is 5.13 Å². The molecule has 10 heteroatoms. The molecule has 0 saturated carbocycles. The van der Waals surface area contributed by atoms with Crippen molar-refractivity contribution in [3.8, 4) is 0 Å². The number of rotatable bonds is 5. The van der Waals surface area contributed by atoms with Crippen LogP contribution in [0.5, 0.6) is 0 Å². The van der Waals surface area contributed by atoms with Crippen LogP contribution in [0.1, 0.15) is 38.7 Å². The number of hydrogen-bond acceptors (Lipinski definition) is 7. The van der Waals surface area contributed by atoms with E-state index in [1.54, 1.807) is 6.92 Å². The lowest BCUT2D eigenvalue weighted by Crippen LogP contribution is -2.41. The van der Waals surface area contributed by atoms with Crippen LogP contribution in [0.15, 0.2) is 0 Å². The van der Waals surface area contributed by atoms with Crippen LogP contribution in [0.3, 0.4) is 0 Å². The lowest BCUT2D eigenvalue weighted by Gasteiger charge is -2.25. The van der Waals surface area contributed by atoms with Gasteiger partial charge in [-0.3, -0.25) is 25.1 Å². The van der Waals surface area contributed by atoms with Crippen molar-refractivity contribution in [2.75, 3.05) is 31.2 Å². The Morgan fingerprint density at radius 1 is 1.14 bits per heavy atom. The van der Waals surface area contributed by atoms with E-state index < -0.39 is 0 Å². The molecule has 3 heterocycles. The molecule has 2 amide bonds. The Bertz CT molecular complexity index is 869. The van der Waals surface area contributed by atoms with Gasteiger partial charge in [0.2, 0.25) is 5.91 Å². The van der Waals surface area contributed by atoms with Gasteiger partial charge in [-0.1, -0.05) is 11.3 Å². The normalized spacial score (nSPS) is 14.2. The Balaban J connectivity index is 1.52. The van der Waals surface area contributed by atoms with Crippen LogP contribution in [0.25, 0.3) is 0 Å². The first-order chi connectivity index (χ1) is 13.4. The second-order valence-corrected chi connectivity index (χ2v) is 7.76. The standard InChI is InChI=1S/C18H26N6O3S/c1-11-14(13(3)23(4)22-11)5-6-15(25)20-21-17(26)16-12(2)19-18(28-16)24-7-9-27-10-8-24/h5-10H2,1-4H3,(H,20,25)(H,21,26). The molecule has 0 radical (unpaired) electrons. The predicted molar refractivity (Wildman–Crippen MR) is 106 cm³/mol. The van der Waals surface area contributed by atoms with Crippen molar-refractivity contribution in [2.45, 2.75) is 33.6 Å². The van der Waals surface area contributed by atoms with Gasteiger partial charge in [0.25, 0.3) is 5.91 Å². The monoisotopic (exact) mass is 406 g/mol. The third kappa shape index (κ3) is 4.50. The molecule has 9 nitrogen and oxygen atoms in total. The van der Waals surface area contributed by atoms with E-state index in [-0.39, 0.29) is 18.2 Å². The van der Waals surface area contributed by atoms with E-state index in [9.17, 15) is 9.59 Å². The Hall–Kier alpha value is -2.46. The van der Waals surface area contributed by atoms with Crippen molar-refractivity contribution in [3.63, 3.8) is 0 Å². The number of morpholine rings is 1. The Morgan fingerprint density at radius 2 is 1.86 bits per heavy atom. The van der Waals surface area contributed by atoms with Crippen LogP contribution in [0, 0.1) is 20.8 Å². The van der Waals surface area contributed by atoms with Crippen LogP contribution in [-0.4, -0.2) is 52.9 Å². The number of thiazole rings is 1. The van der Waals surface area contributed by atoms with E-state index in [1.807, 2.05) is 25.6 Å². The first-order valence-corrected chi connectivity index (χ1v) is 10.1. The molecule has 1 aliphatic rings. The summed E-state index contributed by atoms with van der Waals surface area (Å²) < 4.78 is 7.15. The number of hydrazine groups is 1. The van der Waals surface area contributed by atoms with Crippen LogP contribution < -0.4 is 15.8 Å². The van der Waals surface area contributed by atoms with E-state index >= 15 is 0 Å². The van der Waals surface area contributed by atoms with Crippen LogP contribution in [0.4, 0.5) is 5.13 Å². The molecule has 2 N–H and O–H groups in total. The van der Waals surface area contributed by atoms with E-state index in [0.717, 1.165) is 35.2 Å². The molecule has 3 rings (SSSR count). The summed E-state index contributed by atoms with van der Waals surface area (Å²) in [6, 6.07) is 0. The zero-order chi connectivity index (χ0) is 20.3. The smallest absolute Gasteiger partial charge is 0.281 e. The molecular formula is C18H26N6O3S. The van der Waals surface area contributed by atoms with Gasteiger partial charge in [0.05, 0.1) is 24.6 Å². The second-order valence-electron chi connectivity index (χ2n) is 6.79. The number of aromatic nitrogens is 3. The summed E-state index contributed by atoms with van der Waals surface area (Å²) in [6.07, 6.45) is 0.850. The largest absolute Gasteiger partial charge is 0.378 e. The third-order valence-corrected chi connectivity index (χ3v) is 6.07. The fourth-order valence-electron chi connectivity index (χ4n) is 3.15. The lowest BCUT2D eigenvalue weighted by molar-refractivity contribution is -0.121. The molecule has 0 bridgehead atoms. The van der Waals surface area contributed by atoms with Gasteiger partial charge < -0.3 is 9.64 Å². The van der Waals surface area contributed by atoms with E-state index in [2.05, 4.69) is 25.8 Å². The molecule has 0 spiro atoms. The van der Waals surface area contributed by atoms with Crippen LogP contribution in [-0.2, 0) is 23.0 Å². The fraction of sp³-hybridized carbons (Fsp3) is 0.556. The van der Waals surface area contributed by atoms with Gasteiger partial charge in [-0.25, -0.2) is 4.98 Å². The quantitative estimate of drug-likeness (QED) is 0.720. The first kappa shape index (κ1) is 20.3. The number of carbonyl (C=O) groups is 2. The zero-order valence-corrected chi connectivity index (χ0v) is 17.5. The molecule has 1 saturated heterocycles. The number of hydrogen-bond donors (Lipinski definition) is 2. The van der Waals surface area contributed by atoms with Gasteiger partial charge in [0, 0.05) is 32.3 Å². The molecule has 1 aliphatic heterocycles. The average molecular weight is 407 g/mol. The average Bonchev–Trinajstić information content (AvgIpc) is 3.18. The minimum absolute atomic E-state index is 0.244. The summed E-state index contributed by atoms with van der Waals surface area (Å²) in [5.41, 5.74) is 8.68. The molecule has 0 aromatic carbocycles. The highest BCUT2D eigenvalue weighted by molar-refractivity contribution is 7.17. The number of aryl methyl sites for hydroxylation is 3. The van der Waals surface area contributed by atoms with Crippen molar-refractivity contribution in [1.82, 2.24) is 25.6 Å².